The summed E-state index contributed by atoms with van der Waals surface area (Å²) in [5, 5.41) is 0. The van der Waals surface area contributed by atoms with Gasteiger partial charge in [0.15, 0.2) is 11.6 Å². The first kappa shape index (κ1) is 9.18. The first-order valence-corrected chi connectivity index (χ1v) is 4.80. The molecule has 1 aliphatic rings. The van der Waals surface area contributed by atoms with Crippen molar-refractivity contribution in [3.63, 3.8) is 0 Å². The van der Waals surface area contributed by atoms with Gasteiger partial charge in [-0.3, -0.25) is 0 Å². The predicted octanol–water partition coefficient (Wildman–Crippen LogP) is 1.19. The molecule has 2 N–H and O–H groups in total. The van der Waals surface area contributed by atoms with Crippen LogP contribution in [-0.4, -0.2) is 23.1 Å². The summed E-state index contributed by atoms with van der Waals surface area (Å²) in [7, 11) is 0. The number of anilines is 2. The van der Waals surface area contributed by atoms with E-state index in [1.807, 2.05) is 4.90 Å². The summed E-state index contributed by atoms with van der Waals surface area (Å²) in [4.78, 5) is 9.88. The minimum absolute atomic E-state index is 0.0689. The summed E-state index contributed by atoms with van der Waals surface area (Å²) in [5.41, 5.74) is 5.37. The van der Waals surface area contributed by atoms with Crippen LogP contribution in [0.25, 0.3) is 0 Å². The van der Waals surface area contributed by atoms with E-state index in [1.54, 1.807) is 0 Å². The molecule has 0 bridgehead atoms. The lowest BCUT2D eigenvalue weighted by Crippen LogP contribution is -2.31. The van der Waals surface area contributed by atoms with E-state index in [9.17, 15) is 4.39 Å². The highest BCUT2D eigenvalue weighted by Crippen LogP contribution is 2.16. The van der Waals surface area contributed by atoms with Crippen LogP contribution >= 0.6 is 0 Å². The number of piperidine rings is 1. The van der Waals surface area contributed by atoms with Gasteiger partial charge in [-0.1, -0.05) is 0 Å². The van der Waals surface area contributed by atoms with E-state index in [0.717, 1.165) is 32.1 Å². The molecule has 1 aromatic heterocycles. The molecule has 0 spiro atoms. The van der Waals surface area contributed by atoms with Crippen LogP contribution in [0.5, 0.6) is 0 Å². The van der Waals surface area contributed by atoms with Crippen molar-refractivity contribution in [3.8, 4) is 0 Å². The SMILES string of the molecule is Nc1nc(N2CCCCC2)ncc1F. The maximum atomic E-state index is 12.8. The maximum Gasteiger partial charge on any atom is 0.227 e. The molecule has 2 rings (SSSR count). The van der Waals surface area contributed by atoms with E-state index in [1.165, 1.54) is 6.42 Å². The second-order valence-corrected chi connectivity index (χ2v) is 3.45. The molecule has 2 heterocycles. The minimum Gasteiger partial charge on any atom is -0.381 e. The van der Waals surface area contributed by atoms with Crippen molar-refractivity contribution >= 4 is 11.8 Å². The summed E-state index contributed by atoms with van der Waals surface area (Å²) in [6, 6.07) is 0. The Morgan fingerprint density at radius 3 is 2.64 bits per heavy atom. The molecule has 0 aliphatic carbocycles. The van der Waals surface area contributed by atoms with E-state index in [2.05, 4.69) is 9.97 Å². The molecule has 1 aliphatic heterocycles. The molecule has 0 atom stereocenters. The number of hydrogen-bond donors (Lipinski definition) is 1. The van der Waals surface area contributed by atoms with Crippen LogP contribution in [0.15, 0.2) is 6.20 Å². The summed E-state index contributed by atoms with van der Waals surface area (Å²) >= 11 is 0. The van der Waals surface area contributed by atoms with Crippen LogP contribution in [0.2, 0.25) is 0 Å². The van der Waals surface area contributed by atoms with Crippen molar-refractivity contribution in [2.75, 3.05) is 23.7 Å². The van der Waals surface area contributed by atoms with Crippen LogP contribution in [-0.2, 0) is 0 Å². The van der Waals surface area contributed by atoms with Gasteiger partial charge in [-0.2, -0.15) is 4.98 Å². The monoisotopic (exact) mass is 196 g/mol. The summed E-state index contributed by atoms with van der Waals surface area (Å²) in [6.07, 6.45) is 4.65. The fourth-order valence-corrected chi connectivity index (χ4v) is 1.62. The average Bonchev–Trinajstić information content (AvgIpc) is 2.23. The molecule has 1 fully saturated rings. The largest absolute Gasteiger partial charge is 0.381 e. The zero-order valence-corrected chi connectivity index (χ0v) is 7.91. The second kappa shape index (κ2) is 3.77. The third-order valence-electron chi connectivity index (χ3n) is 2.40. The van der Waals surface area contributed by atoms with Crippen molar-refractivity contribution in [1.29, 1.82) is 0 Å². The van der Waals surface area contributed by atoms with Gasteiger partial charge in [0.1, 0.15) is 0 Å². The molecular formula is C9H13FN4. The Morgan fingerprint density at radius 1 is 1.29 bits per heavy atom. The van der Waals surface area contributed by atoms with Gasteiger partial charge in [-0.15, -0.1) is 0 Å². The Kier molecular flexibility index (Phi) is 2.47. The lowest BCUT2D eigenvalue weighted by atomic mass is 10.1. The number of nitrogens with zero attached hydrogens (tertiary/aromatic N) is 3. The zero-order chi connectivity index (χ0) is 9.97. The number of hydrogen-bond acceptors (Lipinski definition) is 4. The molecule has 5 heteroatoms. The number of nitrogens with two attached hydrogens (primary N) is 1. The Hall–Kier alpha value is -1.39. The topological polar surface area (TPSA) is 55.0 Å². The van der Waals surface area contributed by atoms with Crippen molar-refractivity contribution in [2.45, 2.75) is 19.3 Å². The molecule has 4 nitrogen and oxygen atoms in total. The molecule has 1 aromatic rings. The van der Waals surface area contributed by atoms with E-state index in [4.69, 9.17) is 5.73 Å². The smallest absolute Gasteiger partial charge is 0.227 e. The molecule has 0 aromatic carbocycles. The number of aromatic nitrogens is 2. The standard InChI is InChI=1S/C9H13FN4/c10-7-6-12-9(13-8(7)11)14-4-2-1-3-5-14/h6H,1-5H2,(H2,11,12,13). The molecule has 0 saturated carbocycles. The van der Waals surface area contributed by atoms with Crippen molar-refractivity contribution in [1.82, 2.24) is 9.97 Å². The quantitative estimate of drug-likeness (QED) is 0.733. The highest BCUT2D eigenvalue weighted by Gasteiger charge is 2.14. The highest BCUT2D eigenvalue weighted by atomic mass is 19.1. The van der Waals surface area contributed by atoms with Crippen LogP contribution in [0, 0.1) is 5.82 Å². The average molecular weight is 196 g/mol. The molecule has 1 saturated heterocycles. The second-order valence-electron chi connectivity index (χ2n) is 3.45. The number of halogens is 1. The fourth-order valence-electron chi connectivity index (χ4n) is 1.62. The summed E-state index contributed by atoms with van der Waals surface area (Å²) in [5.74, 6) is -0.0741. The third-order valence-corrected chi connectivity index (χ3v) is 2.40. The molecular weight excluding hydrogens is 183 g/mol. The third kappa shape index (κ3) is 1.76. The fraction of sp³-hybridized carbons (Fsp3) is 0.556. The Morgan fingerprint density at radius 2 is 2.00 bits per heavy atom. The predicted molar refractivity (Wildman–Crippen MR) is 52.5 cm³/mol. The van der Waals surface area contributed by atoms with Gasteiger partial charge < -0.3 is 10.6 Å². The molecule has 76 valence electrons. The van der Waals surface area contributed by atoms with Crippen LogP contribution in [0.1, 0.15) is 19.3 Å². The normalized spacial score (nSPS) is 17.1. The Bertz CT molecular complexity index is 323. The van der Waals surface area contributed by atoms with Gasteiger partial charge >= 0.3 is 0 Å². The van der Waals surface area contributed by atoms with Gasteiger partial charge in [0.2, 0.25) is 5.95 Å². The summed E-state index contributed by atoms with van der Waals surface area (Å²) in [6.45, 7) is 1.87. The van der Waals surface area contributed by atoms with Crippen LogP contribution in [0.4, 0.5) is 16.2 Å². The van der Waals surface area contributed by atoms with E-state index in [0.29, 0.717) is 5.95 Å². The number of rotatable bonds is 1. The minimum atomic E-state index is -0.550. The van der Waals surface area contributed by atoms with Gasteiger partial charge in [0, 0.05) is 13.1 Å². The maximum absolute atomic E-state index is 12.8. The lowest BCUT2D eigenvalue weighted by Gasteiger charge is -2.26. The first-order chi connectivity index (χ1) is 6.77. The van der Waals surface area contributed by atoms with E-state index >= 15 is 0 Å². The van der Waals surface area contributed by atoms with E-state index in [-0.39, 0.29) is 5.82 Å². The Balaban J connectivity index is 2.18. The van der Waals surface area contributed by atoms with E-state index < -0.39 is 5.82 Å². The zero-order valence-electron chi connectivity index (χ0n) is 7.91. The van der Waals surface area contributed by atoms with Gasteiger partial charge in [0.05, 0.1) is 6.20 Å². The number of nitrogen functional groups attached to an aromatic ring is 1. The molecule has 0 radical (unpaired) electrons. The van der Waals surface area contributed by atoms with Crippen molar-refractivity contribution < 1.29 is 4.39 Å². The molecule has 0 amide bonds. The van der Waals surface area contributed by atoms with Crippen LogP contribution < -0.4 is 10.6 Å². The molecule has 14 heavy (non-hydrogen) atoms. The summed E-state index contributed by atoms with van der Waals surface area (Å²) < 4.78 is 12.8. The van der Waals surface area contributed by atoms with Gasteiger partial charge in [-0.05, 0) is 19.3 Å². The lowest BCUT2D eigenvalue weighted by molar-refractivity contribution is 0.563. The first-order valence-electron chi connectivity index (χ1n) is 4.80. The van der Waals surface area contributed by atoms with Gasteiger partial charge in [0.25, 0.3) is 0 Å². The van der Waals surface area contributed by atoms with Gasteiger partial charge in [-0.25, -0.2) is 9.37 Å². The van der Waals surface area contributed by atoms with Crippen molar-refractivity contribution in [3.05, 3.63) is 12.0 Å². The Labute approximate surface area is 82.0 Å². The van der Waals surface area contributed by atoms with Crippen molar-refractivity contribution in [2.24, 2.45) is 0 Å². The molecule has 0 unspecified atom stereocenters. The highest BCUT2D eigenvalue weighted by molar-refractivity contribution is 5.38. The van der Waals surface area contributed by atoms with Crippen LogP contribution in [0.3, 0.4) is 0 Å².